The lowest BCUT2D eigenvalue weighted by Crippen LogP contribution is -2.46. The van der Waals surface area contributed by atoms with Crippen LogP contribution in [0.25, 0.3) is 11.2 Å². The molecule has 2 unspecified atom stereocenters. The molecule has 1 saturated heterocycles. The van der Waals surface area contributed by atoms with Gasteiger partial charge in [0.05, 0.1) is 19.5 Å². The zero-order valence-electron chi connectivity index (χ0n) is 46.5. The van der Waals surface area contributed by atoms with E-state index < -0.39 is 84.6 Å². The van der Waals surface area contributed by atoms with Gasteiger partial charge in [0.1, 0.15) is 36.3 Å². The normalized spacial score (nSPS) is 19.4. The van der Waals surface area contributed by atoms with Crippen molar-refractivity contribution in [3.05, 3.63) is 97.7 Å². The van der Waals surface area contributed by atoms with Crippen LogP contribution in [0.2, 0.25) is 0 Å². The number of aliphatic hydroxyl groups excluding tert-OH is 2. The van der Waals surface area contributed by atoms with Gasteiger partial charge in [0.15, 0.2) is 17.7 Å². The third-order valence-electron chi connectivity index (χ3n) is 12.1. The zero-order chi connectivity index (χ0) is 59.6. The first kappa shape index (κ1) is 71.0. The van der Waals surface area contributed by atoms with Crippen molar-refractivity contribution in [2.75, 3.05) is 37.8 Å². The number of phosphoric ester groups is 3. The number of aliphatic hydroxyl groups is 2. The quantitative estimate of drug-likeness (QED) is 0.0130. The van der Waals surface area contributed by atoms with E-state index in [-0.39, 0.29) is 41.6 Å². The molecule has 7 atom stereocenters. The Hall–Kier alpha value is -4.26. The molecule has 1 fully saturated rings. The number of ether oxygens (including phenoxy) is 1. The summed E-state index contributed by atoms with van der Waals surface area (Å²) in [5.74, 6) is -1.12. The molecule has 2 amide bonds. The third kappa shape index (κ3) is 30.2. The van der Waals surface area contributed by atoms with Gasteiger partial charge in [0.2, 0.25) is 16.9 Å². The first-order valence-corrected chi connectivity index (χ1v) is 32.7. The summed E-state index contributed by atoms with van der Waals surface area (Å²) < 4.78 is 62.6. The summed E-state index contributed by atoms with van der Waals surface area (Å²) in [6.45, 7) is 2.64. The standard InChI is InChI=1S/C53H84N7O17P3S/c1-4-5-6-7-8-9-10-11-12-13-14-15-16-17-18-19-20-21-22-23-24-25-26-27-28-29-30-31-32-33-44(62)81-37-36-55-43(61)34-35-56-51(65)48(64)53(2,3)39-74-80(71,72)77-79(69,70)73-38-42-47(76-78(66,67)68)46(63)52(75-42)60-41-59-45-49(54)57-40-58-50(45)60/h5-6,8-9,11-12,14-15,17-18,20-21,32-33,40-42,46-48,52,63-64H,4,7,10,13,16,19,22-31,34-39H2,1-3H3,(H,55,61)(H,56,65)(H,69,70)(H,71,72)(H2,54,57,58)(H2,66,67,68)/b6-5-,9-8-,12-11-,15-14-,18-17-,21-20-,33-32+/t42-,46-,47-,48+,52-/m1/s1. The number of carbonyl (C=O) groups excluding carboxylic acids is 3. The highest BCUT2D eigenvalue weighted by Gasteiger charge is 2.50. The summed E-state index contributed by atoms with van der Waals surface area (Å²) in [4.78, 5) is 88.6. The second kappa shape index (κ2) is 38.6. The number of nitrogens with one attached hydrogen (secondary N) is 2. The van der Waals surface area contributed by atoms with E-state index in [1.807, 2.05) is 6.08 Å². The number of hydrogen-bond acceptors (Lipinski definition) is 18. The Labute approximate surface area is 479 Å². The lowest BCUT2D eigenvalue weighted by atomic mass is 9.87. The smallest absolute Gasteiger partial charge is 0.386 e. The molecule has 0 radical (unpaired) electrons. The van der Waals surface area contributed by atoms with Crippen molar-refractivity contribution in [1.82, 2.24) is 30.2 Å². The molecule has 0 spiro atoms. The maximum Gasteiger partial charge on any atom is 0.481 e. The van der Waals surface area contributed by atoms with Gasteiger partial charge < -0.3 is 50.9 Å². The lowest BCUT2D eigenvalue weighted by Gasteiger charge is -2.30. The molecule has 2 aromatic heterocycles. The fraction of sp³-hybridized carbons (Fsp3) is 0.585. The van der Waals surface area contributed by atoms with E-state index in [0.29, 0.717) is 5.75 Å². The molecule has 1 aliphatic heterocycles. The van der Waals surface area contributed by atoms with Crippen molar-refractivity contribution >= 4 is 69.1 Å². The van der Waals surface area contributed by atoms with E-state index in [9.17, 15) is 57.9 Å². The summed E-state index contributed by atoms with van der Waals surface area (Å²) in [5.41, 5.74) is 4.28. The fourth-order valence-electron chi connectivity index (χ4n) is 7.73. The Morgan fingerprint density at radius 3 is 1.89 bits per heavy atom. The lowest BCUT2D eigenvalue weighted by molar-refractivity contribution is -0.137. The van der Waals surface area contributed by atoms with E-state index in [2.05, 4.69) is 114 Å². The van der Waals surface area contributed by atoms with Crippen LogP contribution in [0.1, 0.15) is 136 Å². The Kier molecular flexibility index (Phi) is 33.8. The minimum atomic E-state index is -5.59. The maximum atomic E-state index is 12.8. The minimum Gasteiger partial charge on any atom is -0.386 e. The highest BCUT2D eigenvalue weighted by Crippen LogP contribution is 2.61. The number of nitrogens with zero attached hydrogens (tertiary/aromatic N) is 4. The summed E-state index contributed by atoms with van der Waals surface area (Å²) >= 11 is 1.06. The highest BCUT2D eigenvalue weighted by atomic mass is 32.2. The summed E-state index contributed by atoms with van der Waals surface area (Å²) in [5, 5.41) is 26.5. The van der Waals surface area contributed by atoms with Crippen LogP contribution in [0.3, 0.4) is 0 Å². The number of nitrogens with two attached hydrogens (primary N) is 1. The van der Waals surface area contributed by atoms with E-state index in [4.69, 9.17) is 19.5 Å². The third-order valence-corrected chi connectivity index (χ3v) is 16.0. The zero-order valence-corrected chi connectivity index (χ0v) is 50.0. The Morgan fingerprint density at radius 1 is 0.765 bits per heavy atom. The van der Waals surface area contributed by atoms with Crippen molar-refractivity contribution in [3.8, 4) is 0 Å². The van der Waals surface area contributed by atoms with Gasteiger partial charge >= 0.3 is 23.5 Å². The average Bonchev–Trinajstić information content (AvgIpc) is 4.11. The summed E-state index contributed by atoms with van der Waals surface area (Å²) in [7, 11) is -16.4. The van der Waals surface area contributed by atoms with E-state index in [0.717, 1.165) is 93.2 Å². The number of nitrogen functional groups attached to an aromatic ring is 1. The van der Waals surface area contributed by atoms with Crippen LogP contribution < -0.4 is 16.4 Å². The van der Waals surface area contributed by atoms with Crippen molar-refractivity contribution < 1.29 is 80.5 Å². The number of rotatable bonds is 42. The van der Waals surface area contributed by atoms with Gasteiger partial charge in [0, 0.05) is 30.7 Å². The summed E-state index contributed by atoms with van der Waals surface area (Å²) in [6.07, 6.45) is 40.5. The van der Waals surface area contributed by atoms with Crippen molar-refractivity contribution in [1.29, 1.82) is 0 Å². The SMILES string of the molecule is CC/C=C\C/C=C\C/C=C\C/C=C\C/C=C\C/C=C\CCCCCCCCCC/C=C/C(=O)SCCNC(=O)CCNC(=O)[C@H](O)C(C)(C)COP(=O)(O)OP(=O)(O)OC[C@H]1O[C@@H](n2cnc3c(N)ncnc32)[C@H](O)[C@@H]1OP(=O)(O)O. The van der Waals surface area contributed by atoms with Crippen LogP contribution >= 0.6 is 35.2 Å². The predicted octanol–water partition coefficient (Wildman–Crippen LogP) is 8.82. The number of aromatic nitrogens is 4. The van der Waals surface area contributed by atoms with Crippen LogP contribution in [0, 0.1) is 5.41 Å². The molecule has 24 nitrogen and oxygen atoms in total. The first-order valence-electron chi connectivity index (χ1n) is 27.2. The number of hydrogen-bond donors (Lipinski definition) is 9. The van der Waals surface area contributed by atoms with E-state index >= 15 is 0 Å². The average molecular weight is 1220 g/mol. The van der Waals surface area contributed by atoms with E-state index in [1.165, 1.54) is 52.4 Å². The molecule has 81 heavy (non-hydrogen) atoms. The molecular weight excluding hydrogens is 1130 g/mol. The molecule has 1 aliphatic rings. The van der Waals surface area contributed by atoms with Crippen LogP contribution in [-0.2, 0) is 50.7 Å². The maximum absolute atomic E-state index is 12.8. The van der Waals surface area contributed by atoms with Gasteiger partial charge in [-0.1, -0.05) is 150 Å². The molecule has 0 bridgehead atoms. The van der Waals surface area contributed by atoms with Crippen molar-refractivity contribution in [2.24, 2.45) is 5.41 Å². The molecule has 0 aliphatic carbocycles. The van der Waals surface area contributed by atoms with Crippen LogP contribution in [-0.4, -0.2) is 123 Å². The van der Waals surface area contributed by atoms with Crippen LogP contribution in [0.4, 0.5) is 5.82 Å². The van der Waals surface area contributed by atoms with Crippen molar-refractivity contribution in [3.63, 3.8) is 0 Å². The molecule has 2 aromatic rings. The van der Waals surface area contributed by atoms with Gasteiger partial charge in [-0.05, 0) is 70.3 Å². The first-order chi connectivity index (χ1) is 38.6. The predicted molar refractivity (Wildman–Crippen MR) is 311 cm³/mol. The number of anilines is 1. The molecule has 454 valence electrons. The number of amides is 2. The molecule has 28 heteroatoms. The minimum absolute atomic E-state index is 0.0305. The summed E-state index contributed by atoms with van der Waals surface area (Å²) in [6, 6.07) is 0. The van der Waals surface area contributed by atoms with Gasteiger partial charge in [-0.25, -0.2) is 28.6 Å². The number of unbranched alkanes of at least 4 members (excludes halogenated alkanes) is 9. The topological polar surface area (TPSA) is 364 Å². The number of phosphoric acid groups is 3. The van der Waals surface area contributed by atoms with Gasteiger partial charge in [-0.3, -0.25) is 32.5 Å². The second-order valence-corrected chi connectivity index (χ2v) is 24.8. The number of fused-ring (bicyclic) bond motifs is 1. The molecule has 10 N–H and O–H groups in total. The molecule has 3 rings (SSSR count). The monoisotopic (exact) mass is 1220 g/mol. The largest absolute Gasteiger partial charge is 0.481 e. The van der Waals surface area contributed by atoms with Gasteiger partial charge in [0.25, 0.3) is 0 Å². The number of allylic oxidation sites excluding steroid dienone is 13. The van der Waals surface area contributed by atoms with E-state index in [1.54, 1.807) is 6.08 Å². The number of imidazole rings is 1. The molecule has 0 aromatic carbocycles. The van der Waals surface area contributed by atoms with Crippen LogP contribution in [0.5, 0.6) is 0 Å². The van der Waals surface area contributed by atoms with Gasteiger partial charge in [-0.2, -0.15) is 4.31 Å². The van der Waals surface area contributed by atoms with Gasteiger partial charge in [-0.15, -0.1) is 0 Å². The Morgan fingerprint density at radius 2 is 1.31 bits per heavy atom. The Balaban J connectivity index is 1.19. The van der Waals surface area contributed by atoms with Crippen LogP contribution in [0.15, 0.2) is 97.7 Å². The Bertz CT molecular complexity index is 2590. The molecular formula is C53H84N7O17P3S. The highest BCUT2D eigenvalue weighted by molar-refractivity contribution is 8.14. The molecule has 0 saturated carbocycles. The number of thioether (sulfide) groups is 1. The fourth-order valence-corrected chi connectivity index (χ4v) is 11.2. The van der Waals surface area contributed by atoms with Crippen molar-refractivity contribution in [2.45, 2.75) is 161 Å². The number of carbonyl (C=O) groups is 3. The molecule has 3 heterocycles. The second-order valence-electron chi connectivity index (χ2n) is 19.5.